The number of hydrogen-bond donors (Lipinski definition) is 1. The van der Waals surface area contributed by atoms with Crippen LogP contribution < -0.4 is 5.32 Å². The molecule has 5 heteroatoms. The zero-order valence-electron chi connectivity index (χ0n) is 11.5. The summed E-state index contributed by atoms with van der Waals surface area (Å²) in [5, 5.41) is 20.2. The fourth-order valence-corrected chi connectivity index (χ4v) is 2.07. The van der Waals surface area contributed by atoms with Crippen LogP contribution in [0.5, 0.6) is 0 Å². The molecule has 3 aromatic rings. The molecule has 0 saturated heterocycles. The summed E-state index contributed by atoms with van der Waals surface area (Å²) < 4.78 is 0. The molecule has 0 radical (unpaired) electrons. The summed E-state index contributed by atoms with van der Waals surface area (Å²) in [6.45, 7) is 2.01. The molecule has 102 valence electrons. The Morgan fingerprint density at radius 2 is 1.71 bits per heavy atom. The van der Waals surface area contributed by atoms with Gasteiger partial charge in [-0.2, -0.15) is 5.26 Å². The molecule has 5 nitrogen and oxygen atoms in total. The summed E-state index contributed by atoms with van der Waals surface area (Å²) in [5.74, 6) is 0.491. The van der Waals surface area contributed by atoms with Gasteiger partial charge >= 0.3 is 0 Å². The highest BCUT2D eigenvalue weighted by Crippen LogP contribution is 2.18. The van der Waals surface area contributed by atoms with E-state index < -0.39 is 0 Å². The third-order valence-electron chi connectivity index (χ3n) is 3.25. The van der Waals surface area contributed by atoms with Crippen LogP contribution in [-0.2, 0) is 0 Å². The lowest BCUT2D eigenvalue weighted by atomic mass is 10.1. The number of aromatic nitrogens is 3. The predicted octanol–water partition coefficient (Wildman–Crippen LogP) is 3.07. The summed E-state index contributed by atoms with van der Waals surface area (Å²) in [6, 6.07) is 17.2. The number of anilines is 1. The summed E-state index contributed by atoms with van der Waals surface area (Å²) in [4.78, 5) is 4.44. The molecule has 21 heavy (non-hydrogen) atoms. The van der Waals surface area contributed by atoms with E-state index in [1.54, 1.807) is 12.1 Å². The normalized spacial score (nSPS) is 11.8. The van der Waals surface area contributed by atoms with Gasteiger partial charge in [-0.15, -0.1) is 10.2 Å². The average Bonchev–Trinajstić information content (AvgIpc) is 2.55. The number of nitriles is 1. The Morgan fingerprint density at radius 1 is 1.00 bits per heavy atom. The Bertz CT molecular complexity index is 805. The fraction of sp³-hybridized carbons (Fsp3) is 0.125. The second kappa shape index (κ2) is 5.55. The van der Waals surface area contributed by atoms with Gasteiger partial charge in [0.2, 0.25) is 5.95 Å². The minimum atomic E-state index is 0.0284. The van der Waals surface area contributed by atoms with Crippen LogP contribution in [0.25, 0.3) is 11.0 Å². The summed E-state index contributed by atoms with van der Waals surface area (Å²) in [7, 11) is 0. The molecule has 1 N–H and O–H groups in total. The second-order valence-corrected chi connectivity index (χ2v) is 4.72. The van der Waals surface area contributed by atoms with Crippen molar-refractivity contribution in [3.63, 3.8) is 0 Å². The predicted molar refractivity (Wildman–Crippen MR) is 80.5 cm³/mol. The second-order valence-electron chi connectivity index (χ2n) is 4.72. The first-order valence-corrected chi connectivity index (χ1v) is 6.62. The maximum atomic E-state index is 8.81. The van der Waals surface area contributed by atoms with Crippen molar-refractivity contribution in [3.8, 4) is 6.07 Å². The number of nitrogens with one attached hydrogen (secondary N) is 1. The van der Waals surface area contributed by atoms with Crippen molar-refractivity contribution in [2.45, 2.75) is 13.0 Å². The molecule has 0 aliphatic rings. The molecule has 0 fully saturated rings. The summed E-state index contributed by atoms with van der Waals surface area (Å²) >= 11 is 0. The van der Waals surface area contributed by atoms with Gasteiger partial charge in [-0.25, -0.2) is 4.98 Å². The summed E-state index contributed by atoms with van der Waals surface area (Å²) in [6.07, 6.45) is 0. The number of nitrogens with zero attached hydrogens (tertiary/aromatic N) is 4. The Morgan fingerprint density at radius 3 is 2.43 bits per heavy atom. The molecule has 2 aromatic carbocycles. The van der Waals surface area contributed by atoms with E-state index in [1.807, 2.05) is 43.3 Å². The SMILES string of the molecule is CC(Nc1nnc2ccccc2n1)c1ccc(C#N)cc1. The highest BCUT2D eigenvalue weighted by atomic mass is 15.2. The quantitative estimate of drug-likeness (QED) is 0.795. The van der Waals surface area contributed by atoms with Crippen molar-refractivity contribution in [1.82, 2.24) is 15.2 Å². The van der Waals surface area contributed by atoms with Crippen molar-refractivity contribution in [1.29, 1.82) is 5.26 Å². The highest BCUT2D eigenvalue weighted by Gasteiger charge is 2.08. The van der Waals surface area contributed by atoms with E-state index in [1.165, 1.54) is 0 Å². The number of hydrogen-bond acceptors (Lipinski definition) is 5. The monoisotopic (exact) mass is 275 g/mol. The molecule has 0 amide bonds. The minimum Gasteiger partial charge on any atom is -0.346 e. The van der Waals surface area contributed by atoms with E-state index in [4.69, 9.17) is 5.26 Å². The number of rotatable bonds is 3. The van der Waals surface area contributed by atoms with E-state index in [0.29, 0.717) is 11.5 Å². The molecule has 0 aliphatic heterocycles. The number of benzene rings is 2. The standard InChI is InChI=1S/C16H13N5/c1-11(13-8-6-12(10-17)7-9-13)18-16-19-14-4-2-3-5-15(14)20-21-16/h2-9,11H,1H3,(H,18,19,21). The van der Waals surface area contributed by atoms with Crippen molar-refractivity contribution in [3.05, 3.63) is 59.7 Å². The molecule has 0 bridgehead atoms. The van der Waals surface area contributed by atoms with Crippen molar-refractivity contribution in [2.24, 2.45) is 0 Å². The summed E-state index contributed by atoms with van der Waals surface area (Å²) in [5.41, 5.74) is 3.29. The molecule has 1 unspecified atom stereocenters. The zero-order chi connectivity index (χ0) is 14.7. The number of fused-ring (bicyclic) bond motifs is 1. The molecule has 3 rings (SSSR count). The van der Waals surface area contributed by atoms with Gasteiger partial charge < -0.3 is 5.32 Å². The molecular weight excluding hydrogens is 262 g/mol. The van der Waals surface area contributed by atoms with E-state index in [2.05, 4.69) is 26.6 Å². The van der Waals surface area contributed by atoms with Crippen molar-refractivity contribution >= 4 is 17.0 Å². The van der Waals surface area contributed by atoms with Crippen LogP contribution in [0.4, 0.5) is 5.95 Å². The van der Waals surface area contributed by atoms with Gasteiger partial charge in [0.15, 0.2) is 0 Å². The lowest BCUT2D eigenvalue weighted by Crippen LogP contribution is -2.10. The van der Waals surface area contributed by atoms with Crippen LogP contribution >= 0.6 is 0 Å². The Hall–Kier alpha value is -3.00. The largest absolute Gasteiger partial charge is 0.346 e. The molecule has 1 atom stereocenters. The fourth-order valence-electron chi connectivity index (χ4n) is 2.07. The first kappa shape index (κ1) is 13.0. The van der Waals surface area contributed by atoms with Crippen molar-refractivity contribution < 1.29 is 0 Å². The molecule has 1 heterocycles. The van der Waals surface area contributed by atoms with E-state index in [9.17, 15) is 0 Å². The van der Waals surface area contributed by atoms with E-state index in [-0.39, 0.29) is 6.04 Å². The van der Waals surface area contributed by atoms with Gasteiger partial charge in [0.1, 0.15) is 5.52 Å². The first-order valence-electron chi connectivity index (χ1n) is 6.62. The van der Waals surface area contributed by atoms with Crippen LogP contribution in [0.15, 0.2) is 48.5 Å². The first-order chi connectivity index (χ1) is 10.3. The molecule has 1 aromatic heterocycles. The molecule has 0 spiro atoms. The van der Waals surface area contributed by atoms with E-state index in [0.717, 1.165) is 16.6 Å². The van der Waals surface area contributed by atoms with Gasteiger partial charge in [-0.05, 0) is 36.8 Å². The maximum absolute atomic E-state index is 8.81. The van der Waals surface area contributed by atoms with Crippen molar-refractivity contribution in [2.75, 3.05) is 5.32 Å². The average molecular weight is 275 g/mol. The van der Waals surface area contributed by atoms with Gasteiger partial charge in [0, 0.05) is 0 Å². The topological polar surface area (TPSA) is 74.5 Å². The zero-order valence-corrected chi connectivity index (χ0v) is 11.5. The minimum absolute atomic E-state index is 0.0284. The van der Waals surface area contributed by atoms with Gasteiger partial charge in [0.25, 0.3) is 0 Å². The van der Waals surface area contributed by atoms with Gasteiger partial charge in [0.05, 0.1) is 23.2 Å². The Balaban J connectivity index is 1.81. The third kappa shape index (κ3) is 2.79. The lowest BCUT2D eigenvalue weighted by molar-refractivity contribution is 0.849. The van der Waals surface area contributed by atoms with E-state index >= 15 is 0 Å². The molecular formula is C16H13N5. The lowest BCUT2D eigenvalue weighted by Gasteiger charge is -2.13. The van der Waals surface area contributed by atoms with Gasteiger partial charge in [-0.1, -0.05) is 24.3 Å². The van der Waals surface area contributed by atoms with Crippen LogP contribution in [0.1, 0.15) is 24.1 Å². The maximum Gasteiger partial charge on any atom is 0.243 e. The molecule has 0 saturated carbocycles. The van der Waals surface area contributed by atoms with Crippen LogP contribution in [0.2, 0.25) is 0 Å². The highest BCUT2D eigenvalue weighted by molar-refractivity contribution is 5.74. The van der Waals surface area contributed by atoms with Crippen LogP contribution in [0, 0.1) is 11.3 Å². The van der Waals surface area contributed by atoms with Crippen LogP contribution in [0.3, 0.4) is 0 Å². The van der Waals surface area contributed by atoms with Crippen LogP contribution in [-0.4, -0.2) is 15.2 Å². The Labute approximate surface area is 122 Å². The molecule has 0 aliphatic carbocycles. The third-order valence-corrected chi connectivity index (χ3v) is 3.25. The number of para-hydroxylation sites is 1. The Kier molecular flexibility index (Phi) is 3.44. The smallest absolute Gasteiger partial charge is 0.243 e. The van der Waals surface area contributed by atoms with Gasteiger partial charge in [-0.3, -0.25) is 0 Å².